The van der Waals surface area contributed by atoms with Gasteiger partial charge in [-0.25, -0.2) is 10.1 Å². The van der Waals surface area contributed by atoms with E-state index in [0.29, 0.717) is 40.3 Å². The Hall–Kier alpha value is -2.89. The van der Waals surface area contributed by atoms with Gasteiger partial charge in [-0.2, -0.15) is 13.2 Å². The molecule has 3 aliphatic rings. The van der Waals surface area contributed by atoms with Crippen LogP contribution in [-0.4, -0.2) is 47.1 Å². The Bertz CT molecular complexity index is 1210. The predicted molar refractivity (Wildman–Crippen MR) is 118 cm³/mol. The molecule has 5 rings (SSSR count). The second kappa shape index (κ2) is 8.07. The van der Waals surface area contributed by atoms with Crippen molar-refractivity contribution in [3.05, 3.63) is 47.2 Å². The molecule has 0 radical (unpaired) electrons. The Morgan fingerprint density at radius 3 is 2.71 bits per heavy atom. The van der Waals surface area contributed by atoms with Crippen molar-refractivity contribution in [1.29, 1.82) is 0 Å². The molecule has 186 valence electrons. The van der Waals surface area contributed by atoms with E-state index >= 15 is 0 Å². The van der Waals surface area contributed by atoms with Crippen LogP contribution < -0.4 is 15.8 Å². The average Bonchev–Trinajstić information content (AvgIpc) is 3.00. The second-order valence-electron chi connectivity index (χ2n) is 9.03. The summed E-state index contributed by atoms with van der Waals surface area (Å²) in [6.07, 6.45) is 0.296. The number of fused-ring (bicyclic) bond motifs is 4. The third kappa shape index (κ3) is 3.73. The van der Waals surface area contributed by atoms with Crippen LogP contribution in [0.4, 0.5) is 13.2 Å². The minimum absolute atomic E-state index is 0.375. The number of hydrogen-bond donors (Lipinski definition) is 2. The molecule has 1 aromatic carbocycles. The zero-order valence-corrected chi connectivity index (χ0v) is 19.3. The maximum atomic E-state index is 13.9. The van der Waals surface area contributed by atoms with Crippen LogP contribution in [0.3, 0.4) is 0 Å². The highest BCUT2D eigenvalue weighted by molar-refractivity contribution is 6.30. The van der Waals surface area contributed by atoms with Crippen LogP contribution in [-0.2, 0) is 19.9 Å². The molecule has 1 saturated carbocycles. The van der Waals surface area contributed by atoms with E-state index in [1.807, 2.05) is 0 Å². The molecule has 12 heteroatoms. The van der Waals surface area contributed by atoms with Crippen molar-refractivity contribution >= 4 is 23.5 Å². The summed E-state index contributed by atoms with van der Waals surface area (Å²) < 4.78 is 49.9. The summed E-state index contributed by atoms with van der Waals surface area (Å²) in [6, 6.07) is 6.89. The second-order valence-corrected chi connectivity index (χ2v) is 9.47. The smallest absolute Gasteiger partial charge is 0.490 e. The number of amides is 1. The first-order valence-corrected chi connectivity index (χ1v) is 11.4. The van der Waals surface area contributed by atoms with Crippen molar-refractivity contribution < 1.29 is 32.2 Å². The first-order valence-electron chi connectivity index (χ1n) is 11.0. The molecule has 3 N–H and O–H groups in total. The van der Waals surface area contributed by atoms with Gasteiger partial charge in [0.1, 0.15) is 17.4 Å². The molecule has 1 saturated heterocycles. The number of halogens is 4. The fourth-order valence-electron chi connectivity index (χ4n) is 5.35. The van der Waals surface area contributed by atoms with Crippen molar-refractivity contribution in [1.82, 2.24) is 15.2 Å². The third-order valence-corrected chi connectivity index (χ3v) is 7.18. The molecule has 1 spiro atoms. The highest BCUT2D eigenvalue weighted by Crippen LogP contribution is 2.53. The number of nitrogens with one attached hydrogen (secondary N) is 1. The number of rotatable bonds is 2. The summed E-state index contributed by atoms with van der Waals surface area (Å²) in [5.74, 6) is -5.70. The summed E-state index contributed by atoms with van der Waals surface area (Å²) in [6.45, 7) is 0. The van der Waals surface area contributed by atoms with E-state index in [1.165, 1.54) is 13.2 Å². The Labute approximate surface area is 203 Å². The van der Waals surface area contributed by atoms with Crippen LogP contribution in [0.1, 0.15) is 31.2 Å². The predicted octanol–water partition coefficient (Wildman–Crippen LogP) is 3.29. The minimum atomic E-state index is -5.29. The van der Waals surface area contributed by atoms with Gasteiger partial charge in [0, 0.05) is 36.5 Å². The molecule has 3 heterocycles. The van der Waals surface area contributed by atoms with E-state index in [-0.39, 0.29) is 6.10 Å². The minimum Gasteiger partial charge on any atom is -0.490 e. The molecule has 1 aliphatic carbocycles. The molecule has 0 bridgehead atoms. The molecular formula is C23H22ClF3N4O4. The monoisotopic (exact) mass is 510 g/mol. The van der Waals surface area contributed by atoms with Crippen molar-refractivity contribution in [3.8, 4) is 16.9 Å². The number of carbonyl (C=O) groups is 2. The molecule has 4 atom stereocenters. The molecule has 8 nitrogen and oxygen atoms in total. The van der Waals surface area contributed by atoms with Crippen LogP contribution in [0.2, 0.25) is 5.02 Å². The average molecular weight is 511 g/mol. The van der Waals surface area contributed by atoms with Crippen molar-refractivity contribution in [3.63, 3.8) is 0 Å². The molecule has 4 unspecified atom stereocenters. The molecule has 35 heavy (non-hydrogen) atoms. The summed E-state index contributed by atoms with van der Waals surface area (Å²) in [4.78, 5) is 30.5. The van der Waals surface area contributed by atoms with E-state index < -0.39 is 35.5 Å². The lowest BCUT2D eigenvalue weighted by Gasteiger charge is -2.47. The number of nitrogens with two attached hydrogens (primary N) is 1. The van der Waals surface area contributed by atoms with Gasteiger partial charge in [-0.1, -0.05) is 24.1 Å². The molecule has 2 fully saturated rings. The quantitative estimate of drug-likeness (QED) is 0.471. The largest absolute Gasteiger partial charge is 0.491 e. The summed E-state index contributed by atoms with van der Waals surface area (Å²) >= 11 is 6.10. The number of benzene rings is 1. The maximum absolute atomic E-state index is 13.9. The highest BCUT2D eigenvalue weighted by Gasteiger charge is 2.67. The van der Waals surface area contributed by atoms with Gasteiger partial charge in [-0.15, -0.1) is 0 Å². The Kier molecular flexibility index (Phi) is 5.50. The normalized spacial score (nSPS) is 30.0. The summed E-state index contributed by atoms with van der Waals surface area (Å²) in [5, 5.41) is 3.23. The number of likely N-dealkylation sites (N-methyl/N-ethyl adjacent to an activating group) is 1. The summed E-state index contributed by atoms with van der Waals surface area (Å²) in [7, 11) is 1.20. The lowest BCUT2D eigenvalue weighted by atomic mass is 9.67. The fourth-order valence-corrected chi connectivity index (χ4v) is 5.52. The SMILES string of the molecule is CN1C(=O)C2(NC1(N)OC(=O)C(F)(F)F)c1cc(-c3cncc(Cl)c3)ccc1OC1CCCCC12. The van der Waals surface area contributed by atoms with Gasteiger partial charge in [0.25, 0.3) is 5.91 Å². The highest BCUT2D eigenvalue weighted by atomic mass is 35.5. The zero-order chi connectivity index (χ0) is 25.2. The molecule has 2 aliphatic heterocycles. The van der Waals surface area contributed by atoms with Crippen LogP contribution >= 0.6 is 11.6 Å². The van der Waals surface area contributed by atoms with Gasteiger partial charge in [0.15, 0.2) is 0 Å². The van der Waals surface area contributed by atoms with Gasteiger partial charge in [0.2, 0.25) is 0 Å². The number of pyridine rings is 1. The standard InChI is InChI=1S/C23H22ClF3N4O4/c1-31-19(32)21(30-23(31,28)35-20(33)22(25,26)27)15-4-2-3-5-17(15)34-18-7-6-12(9-16(18)21)13-8-14(24)11-29-10-13/h6-11,15,17,30H,2-5,28H2,1H3. The van der Waals surface area contributed by atoms with E-state index in [1.54, 1.807) is 30.5 Å². The number of hydrogen-bond acceptors (Lipinski definition) is 7. The van der Waals surface area contributed by atoms with E-state index in [9.17, 15) is 22.8 Å². The van der Waals surface area contributed by atoms with Gasteiger partial charge in [0.05, 0.1) is 5.02 Å². The number of nitrogens with zero attached hydrogens (tertiary/aromatic N) is 2. The Morgan fingerprint density at radius 1 is 1.26 bits per heavy atom. The van der Waals surface area contributed by atoms with E-state index in [2.05, 4.69) is 15.0 Å². The fraction of sp³-hybridized carbons (Fsp3) is 0.435. The van der Waals surface area contributed by atoms with Crippen molar-refractivity contribution in [2.75, 3.05) is 7.05 Å². The number of aromatic nitrogens is 1. The topological polar surface area (TPSA) is 107 Å². The lowest BCUT2D eigenvalue weighted by molar-refractivity contribution is -0.229. The number of esters is 1. The zero-order valence-electron chi connectivity index (χ0n) is 18.6. The van der Waals surface area contributed by atoms with Crippen LogP contribution in [0.25, 0.3) is 11.1 Å². The number of ether oxygens (including phenoxy) is 2. The van der Waals surface area contributed by atoms with Gasteiger partial charge in [-0.05, 0) is 43.0 Å². The molecule has 2 aromatic rings. The number of carbonyl (C=O) groups excluding carboxylic acids is 2. The van der Waals surface area contributed by atoms with Crippen LogP contribution in [0.15, 0.2) is 36.7 Å². The first-order chi connectivity index (χ1) is 16.5. The van der Waals surface area contributed by atoms with Crippen LogP contribution in [0.5, 0.6) is 5.75 Å². The van der Waals surface area contributed by atoms with E-state index in [0.717, 1.165) is 17.7 Å². The van der Waals surface area contributed by atoms with Crippen molar-refractivity contribution in [2.45, 2.75) is 49.5 Å². The third-order valence-electron chi connectivity index (χ3n) is 6.98. The maximum Gasteiger partial charge on any atom is 0.491 e. The van der Waals surface area contributed by atoms with E-state index in [4.69, 9.17) is 22.1 Å². The first kappa shape index (κ1) is 23.8. The molecule has 1 amide bonds. The molecule has 1 aromatic heterocycles. The summed E-state index contributed by atoms with van der Waals surface area (Å²) in [5.41, 5.74) is 6.28. The Morgan fingerprint density at radius 2 is 2.00 bits per heavy atom. The Balaban J connectivity index is 1.66. The van der Waals surface area contributed by atoms with Gasteiger partial charge >= 0.3 is 18.1 Å². The number of alkyl halides is 3. The lowest BCUT2D eigenvalue weighted by Crippen LogP contribution is -2.66. The van der Waals surface area contributed by atoms with Gasteiger partial charge in [-0.3, -0.25) is 20.4 Å². The van der Waals surface area contributed by atoms with Crippen LogP contribution in [0, 0.1) is 5.92 Å². The molecular weight excluding hydrogens is 489 g/mol. The van der Waals surface area contributed by atoms with Gasteiger partial charge < -0.3 is 9.47 Å². The van der Waals surface area contributed by atoms with Crippen molar-refractivity contribution in [2.24, 2.45) is 11.7 Å².